The van der Waals surface area contributed by atoms with Gasteiger partial charge in [-0.1, -0.05) is 18.7 Å². The smallest absolute Gasteiger partial charge is 0.272 e. The van der Waals surface area contributed by atoms with Gasteiger partial charge in [0.25, 0.3) is 5.91 Å². The fourth-order valence-electron chi connectivity index (χ4n) is 2.90. The molecule has 1 saturated heterocycles. The minimum atomic E-state index is -0.165. The van der Waals surface area contributed by atoms with Gasteiger partial charge in [-0.3, -0.25) is 4.79 Å². The highest BCUT2D eigenvalue weighted by molar-refractivity contribution is 6.04. The van der Waals surface area contributed by atoms with E-state index >= 15 is 0 Å². The number of carbonyl (C=O) groups is 1. The summed E-state index contributed by atoms with van der Waals surface area (Å²) >= 11 is 0. The molecule has 3 rings (SSSR count). The summed E-state index contributed by atoms with van der Waals surface area (Å²) in [6.07, 6.45) is 5.23. The molecule has 0 unspecified atom stereocenters. The van der Waals surface area contributed by atoms with E-state index in [0.717, 1.165) is 25.9 Å². The van der Waals surface area contributed by atoms with Crippen LogP contribution < -0.4 is 15.4 Å². The van der Waals surface area contributed by atoms with Crippen molar-refractivity contribution in [3.8, 4) is 5.88 Å². The molecule has 0 aliphatic carbocycles. The van der Waals surface area contributed by atoms with Crippen molar-refractivity contribution in [3.05, 3.63) is 43.1 Å². The number of hydrogen-bond donors (Lipinski definition) is 2. The third-order valence-corrected chi connectivity index (χ3v) is 4.11. The van der Waals surface area contributed by atoms with Crippen molar-refractivity contribution in [1.82, 2.24) is 25.4 Å². The number of nitrogens with zero attached hydrogens (tertiary/aromatic N) is 3. The van der Waals surface area contributed by atoms with E-state index in [-0.39, 0.29) is 11.9 Å². The molecule has 1 aliphatic heterocycles. The summed E-state index contributed by atoms with van der Waals surface area (Å²) in [5.41, 5.74) is 0.995. The van der Waals surface area contributed by atoms with Gasteiger partial charge in [0.1, 0.15) is 6.61 Å². The van der Waals surface area contributed by atoms with Gasteiger partial charge in [0, 0.05) is 12.1 Å². The summed E-state index contributed by atoms with van der Waals surface area (Å²) < 4.78 is 7.15. The Labute approximate surface area is 146 Å². The van der Waals surface area contributed by atoms with Crippen molar-refractivity contribution >= 4 is 16.9 Å². The van der Waals surface area contributed by atoms with Crippen molar-refractivity contribution < 1.29 is 9.53 Å². The number of fused-ring (bicyclic) bond motifs is 1. The van der Waals surface area contributed by atoms with E-state index in [1.165, 1.54) is 0 Å². The van der Waals surface area contributed by atoms with Crippen LogP contribution in [0.15, 0.2) is 37.4 Å². The van der Waals surface area contributed by atoms with Gasteiger partial charge in [-0.05, 0) is 32.0 Å². The number of pyridine rings is 1. The van der Waals surface area contributed by atoms with Crippen LogP contribution >= 0.6 is 0 Å². The first-order chi connectivity index (χ1) is 12.2. The van der Waals surface area contributed by atoms with Crippen molar-refractivity contribution in [1.29, 1.82) is 0 Å². The second-order valence-electron chi connectivity index (χ2n) is 5.94. The van der Waals surface area contributed by atoms with E-state index in [2.05, 4.69) is 33.9 Å². The van der Waals surface area contributed by atoms with E-state index < -0.39 is 0 Å². The maximum atomic E-state index is 12.7. The van der Waals surface area contributed by atoms with Crippen molar-refractivity contribution in [3.63, 3.8) is 0 Å². The Morgan fingerprint density at radius 3 is 2.88 bits per heavy atom. The van der Waals surface area contributed by atoms with Crippen molar-refractivity contribution in [2.75, 3.05) is 19.7 Å². The van der Waals surface area contributed by atoms with Gasteiger partial charge >= 0.3 is 0 Å². The minimum Gasteiger partial charge on any atom is -0.473 e. The average molecular weight is 341 g/mol. The number of rotatable bonds is 7. The van der Waals surface area contributed by atoms with Gasteiger partial charge in [-0.15, -0.1) is 6.58 Å². The first-order valence-corrected chi connectivity index (χ1v) is 8.46. The zero-order chi connectivity index (χ0) is 17.6. The predicted octanol–water partition coefficient (Wildman–Crippen LogP) is 1.66. The highest BCUT2D eigenvalue weighted by atomic mass is 16.5. The molecular weight excluding hydrogens is 318 g/mol. The monoisotopic (exact) mass is 341 g/mol. The van der Waals surface area contributed by atoms with Crippen LogP contribution in [-0.2, 0) is 6.54 Å². The standard InChI is InChI=1S/C18H23N5O2/c1-3-11-23-17-14(5-6-15(21-17)25-12-4-2)16(22-23)18(24)20-13-7-9-19-10-8-13/h3-6,13,19H,1-2,7-12H2,(H,20,24). The van der Waals surface area contributed by atoms with Crippen LogP contribution in [0.5, 0.6) is 5.88 Å². The number of allylic oxidation sites excluding steroid dienone is 1. The van der Waals surface area contributed by atoms with Gasteiger partial charge < -0.3 is 15.4 Å². The lowest BCUT2D eigenvalue weighted by Crippen LogP contribution is -2.42. The topological polar surface area (TPSA) is 81.1 Å². The Bertz CT molecular complexity index is 777. The second-order valence-corrected chi connectivity index (χ2v) is 5.94. The first-order valence-electron chi connectivity index (χ1n) is 8.46. The molecule has 0 saturated carbocycles. The zero-order valence-corrected chi connectivity index (χ0v) is 14.2. The molecule has 0 aromatic carbocycles. The predicted molar refractivity (Wildman–Crippen MR) is 96.8 cm³/mol. The van der Waals surface area contributed by atoms with E-state index in [1.54, 1.807) is 22.9 Å². The molecular formula is C18H23N5O2. The molecule has 1 aliphatic rings. The Hall–Kier alpha value is -2.67. The Kier molecular flexibility index (Phi) is 5.45. The lowest BCUT2D eigenvalue weighted by atomic mass is 10.1. The Morgan fingerprint density at radius 1 is 1.36 bits per heavy atom. The number of nitrogens with one attached hydrogen (secondary N) is 2. The molecule has 7 heteroatoms. The molecule has 0 spiro atoms. The third kappa shape index (κ3) is 3.88. The molecule has 132 valence electrons. The number of carbonyl (C=O) groups excluding carboxylic acids is 1. The maximum absolute atomic E-state index is 12.7. The summed E-state index contributed by atoms with van der Waals surface area (Å²) in [5, 5.41) is 11.5. The lowest BCUT2D eigenvalue weighted by molar-refractivity contribution is 0.0925. The van der Waals surface area contributed by atoms with E-state index in [1.807, 2.05) is 6.07 Å². The van der Waals surface area contributed by atoms with Gasteiger partial charge in [-0.2, -0.15) is 10.1 Å². The van der Waals surface area contributed by atoms with Gasteiger partial charge in [0.2, 0.25) is 5.88 Å². The summed E-state index contributed by atoms with van der Waals surface area (Å²) in [4.78, 5) is 17.2. The average Bonchev–Trinajstić information content (AvgIpc) is 2.99. The fourth-order valence-corrected chi connectivity index (χ4v) is 2.90. The summed E-state index contributed by atoms with van der Waals surface area (Å²) in [6.45, 7) is 10.0. The van der Waals surface area contributed by atoms with E-state index in [0.29, 0.717) is 35.8 Å². The van der Waals surface area contributed by atoms with E-state index in [9.17, 15) is 4.79 Å². The second kappa shape index (κ2) is 7.94. The lowest BCUT2D eigenvalue weighted by Gasteiger charge is -2.23. The summed E-state index contributed by atoms with van der Waals surface area (Å²) in [5.74, 6) is 0.309. The molecule has 7 nitrogen and oxygen atoms in total. The van der Waals surface area contributed by atoms with Crippen LogP contribution in [0.3, 0.4) is 0 Å². The van der Waals surface area contributed by atoms with Crippen molar-refractivity contribution in [2.45, 2.75) is 25.4 Å². The van der Waals surface area contributed by atoms with Crippen LogP contribution in [0.4, 0.5) is 0 Å². The van der Waals surface area contributed by atoms with Crippen LogP contribution in [0.2, 0.25) is 0 Å². The molecule has 3 heterocycles. The highest BCUT2D eigenvalue weighted by Crippen LogP contribution is 2.21. The van der Waals surface area contributed by atoms with Gasteiger partial charge in [0.15, 0.2) is 11.3 Å². The SMILES string of the molecule is C=CCOc1ccc2c(C(=O)NC3CCNCC3)nn(CC=C)c2n1. The van der Waals surface area contributed by atoms with Crippen molar-refractivity contribution in [2.24, 2.45) is 0 Å². The number of hydrogen-bond acceptors (Lipinski definition) is 5. The maximum Gasteiger partial charge on any atom is 0.272 e. The first kappa shape index (κ1) is 17.2. The van der Waals surface area contributed by atoms with Crippen LogP contribution in [0, 0.1) is 0 Å². The number of amides is 1. The fraction of sp³-hybridized carbons (Fsp3) is 0.389. The minimum absolute atomic E-state index is 0.165. The number of piperidine rings is 1. The zero-order valence-electron chi connectivity index (χ0n) is 14.2. The molecule has 1 amide bonds. The van der Waals surface area contributed by atoms with Crippen LogP contribution in [0.1, 0.15) is 23.3 Å². The number of aromatic nitrogens is 3. The Morgan fingerprint density at radius 2 is 2.16 bits per heavy atom. The number of ether oxygens (including phenoxy) is 1. The Balaban J connectivity index is 1.89. The molecule has 2 aromatic heterocycles. The highest BCUT2D eigenvalue weighted by Gasteiger charge is 2.22. The third-order valence-electron chi connectivity index (χ3n) is 4.11. The van der Waals surface area contributed by atoms with E-state index in [4.69, 9.17) is 4.74 Å². The molecule has 2 aromatic rings. The molecule has 2 N–H and O–H groups in total. The quantitative estimate of drug-likeness (QED) is 0.749. The summed E-state index contributed by atoms with van der Waals surface area (Å²) in [7, 11) is 0. The molecule has 0 atom stereocenters. The largest absolute Gasteiger partial charge is 0.473 e. The molecule has 25 heavy (non-hydrogen) atoms. The molecule has 0 radical (unpaired) electrons. The normalized spacial score (nSPS) is 15.0. The van der Waals surface area contributed by atoms with Crippen LogP contribution in [0.25, 0.3) is 11.0 Å². The molecule has 0 bridgehead atoms. The van der Waals surface area contributed by atoms with Crippen LogP contribution in [-0.4, -0.2) is 46.4 Å². The molecule has 1 fully saturated rings. The summed E-state index contributed by atoms with van der Waals surface area (Å²) in [6, 6.07) is 3.74. The van der Waals surface area contributed by atoms with Gasteiger partial charge in [-0.25, -0.2) is 4.68 Å². The van der Waals surface area contributed by atoms with Gasteiger partial charge in [0.05, 0.1) is 11.9 Å².